The summed E-state index contributed by atoms with van der Waals surface area (Å²) in [6.45, 7) is 2.75. The average Bonchev–Trinajstić information content (AvgIpc) is 2.59. The van der Waals surface area contributed by atoms with Crippen LogP contribution in [0.25, 0.3) is 0 Å². The Hall–Kier alpha value is -2.73. The molecule has 0 saturated carbocycles. The third-order valence-electron chi connectivity index (χ3n) is 3.63. The van der Waals surface area contributed by atoms with Crippen molar-refractivity contribution in [3.63, 3.8) is 0 Å². The number of nitrogens with one attached hydrogen (secondary N) is 1. The molecule has 2 rings (SSSR count). The van der Waals surface area contributed by atoms with Gasteiger partial charge in [-0.15, -0.1) is 0 Å². The van der Waals surface area contributed by atoms with Crippen molar-refractivity contribution in [3.8, 4) is 0 Å². The zero-order chi connectivity index (χ0) is 18.2. The van der Waals surface area contributed by atoms with Crippen LogP contribution in [0.15, 0.2) is 54.6 Å². The minimum atomic E-state index is -0.411. The number of thiocarbonyl (C=S) groups is 1. The largest absolute Gasteiger partial charge is 0.370 e. The Kier molecular flexibility index (Phi) is 6.65. The second-order valence-corrected chi connectivity index (χ2v) is 6.14. The summed E-state index contributed by atoms with van der Waals surface area (Å²) in [6, 6.07) is 17.0. The standard InChI is InChI=1S/C19H21N3O2S/c1-14-6-5-9-16(12-14)18(24)21-19(25)22(11-10-17(20)23)13-15-7-3-2-4-8-15/h2-9,12H,10-11,13H2,1H3,(H2,20,23)(H,21,24,25). The van der Waals surface area contributed by atoms with Gasteiger partial charge in [0.2, 0.25) is 5.91 Å². The molecule has 0 aliphatic carbocycles. The first-order valence-electron chi connectivity index (χ1n) is 7.95. The highest BCUT2D eigenvalue weighted by molar-refractivity contribution is 7.80. The summed E-state index contributed by atoms with van der Waals surface area (Å²) in [5.74, 6) is -0.684. The molecule has 2 aromatic rings. The first-order chi connectivity index (χ1) is 12.0. The predicted molar refractivity (Wildman–Crippen MR) is 102 cm³/mol. The van der Waals surface area contributed by atoms with Gasteiger partial charge in [-0.25, -0.2) is 0 Å². The Morgan fingerprint density at radius 3 is 2.48 bits per heavy atom. The lowest BCUT2D eigenvalue weighted by atomic mass is 10.1. The van der Waals surface area contributed by atoms with E-state index in [1.807, 2.05) is 49.4 Å². The van der Waals surface area contributed by atoms with Crippen LogP contribution >= 0.6 is 12.2 Å². The zero-order valence-corrected chi connectivity index (χ0v) is 14.9. The van der Waals surface area contributed by atoms with Crippen LogP contribution in [0, 0.1) is 6.92 Å². The maximum atomic E-state index is 12.4. The Labute approximate surface area is 152 Å². The van der Waals surface area contributed by atoms with Crippen molar-refractivity contribution < 1.29 is 9.59 Å². The maximum absolute atomic E-state index is 12.4. The highest BCUT2D eigenvalue weighted by Gasteiger charge is 2.15. The quantitative estimate of drug-likeness (QED) is 0.780. The Morgan fingerprint density at radius 1 is 1.12 bits per heavy atom. The van der Waals surface area contributed by atoms with Crippen LogP contribution in [0.5, 0.6) is 0 Å². The predicted octanol–water partition coefficient (Wildman–Crippen LogP) is 2.39. The number of nitrogens with zero attached hydrogens (tertiary/aromatic N) is 1. The molecule has 0 atom stereocenters. The fraction of sp³-hybridized carbons (Fsp3) is 0.211. The summed E-state index contributed by atoms with van der Waals surface area (Å²) < 4.78 is 0. The number of hydrogen-bond acceptors (Lipinski definition) is 3. The molecule has 0 saturated heterocycles. The van der Waals surface area contributed by atoms with E-state index in [1.54, 1.807) is 17.0 Å². The molecule has 0 spiro atoms. The lowest BCUT2D eigenvalue weighted by Gasteiger charge is -2.25. The molecular weight excluding hydrogens is 334 g/mol. The number of benzene rings is 2. The number of aryl methyl sites for hydroxylation is 1. The van der Waals surface area contributed by atoms with E-state index in [-0.39, 0.29) is 17.4 Å². The molecule has 5 nitrogen and oxygen atoms in total. The molecule has 6 heteroatoms. The van der Waals surface area contributed by atoms with E-state index in [1.165, 1.54) is 0 Å². The van der Waals surface area contributed by atoms with Crippen LogP contribution in [0.2, 0.25) is 0 Å². The van der Waals surface area contributed by atoms with Crippen molar-refractivity contribution in [2.24, 2.45) is 5.73 Å². The highest BCUT2D eigenvalue weighted by atomic mass is 32.1. The monoisotopic (exact) mass is 355 g/mol. The Morgan fingerprint density at radius 2 is 1.84 bits per heavy atom. The number of rotatable bonds is 6. The lowest BCUT2D eigenvalue weighted by molar-refractivity contribution is -0.118. The molecule has 0 aliphatic rings. The van der Waals surface area contributed by atoms with E-state index in [9.17, 15) is 9.59 Å². The van der Waals surface area contributed by atoms with Gasteiger partial charge in [0.1, 0.15) is 0 Å². The van der Waals surface area contributed by atoms with Gasteiger partial charge in [0.15, 0.2) is 5.11 Å². The van der Waals surface area contributed by atoms with Gasteiger partial charge in [-0.3, -0.25) is 14.9 Å². The van der Waals surface area contributed by atoms with E-state index in [0.29, 0.717) is 18.7 Å². The number of carbonyl (C=O) groups excluding carboxylic acids is 2. The second kappa shape index (κ2) is 8.94. The molecule has 0 aliphatic heterocycles. The van der Waals surface area contributed by atoms with E-state index in [4.69, 9.17) is 18.0 Å². The SMILES string of the molecule is Cc1cccc(C(=O)NC(=S)N(CCC(N)=O)Cc2ccccc2)c1. The van der Waals surface area contributed by atoms with Crippen molar-refractivity contribution in [2.45, 2.75) is 19.9 Å². The van der Waals surface area contributed by atoms with Crippen molar-refractivity contribution in [2.75, 3.05) is 6.54 Å². The molecule has 3 N–H and O–H groups in total. The maximum Gasteiger partial charge on any atom is 0.257 e. The molecule has 0 radical (unpaired) electrons. The fourth-order valence-electron chi connectivity index (χ4n) is 2.34. The van der Waals surface area contributed by atoms with Gasteiger partial charge in [-0.2, -0.15) is 0 Å². The fourth-order valence-corrected chi connectivity index (χ4v) is 2.58. The minimum Gasteiger partial charge on any atom is -0.370 e. The van der Waals surface area contributed by atoms with E-state index >= 15 is 0 Å². The number of amides is 2. The van der Waals surface area contributed by atoms with E-state index in [0.717, 1.165) is 11.1 Å². The van der Waals surface area contributed by atoms with Crippen molar-refractivity contribution in [3.05, 3.63) is 71.3 Å². The van der Waals surface area contributed by atoms with Crippen LogP contribution in [0.3, 0.4) is 0 Å². The smallest absolute Gasteiger partial charge is 0.257 e. The van der Waals surface area contributed by atoms with E-state index < -0.39 is 5.91 Å². The van der Waals surface area contributed by atoms with Crippen molar-refractivity contribution in [1.82, 2.24) is 10.2 Å². The van der Waals surface area contributed by atoms with Gasteiger partial charge in [0.05, 0.1) is 0 Å². The summed E-state index contributed by atoms with van der Waals surface area (Å²) in [6.07, 6.45) is 0.160. The molecule has 0 unspecified atom stereocenters. The first-order valence-corrected chi connectivity index (χ1v) is 8.35. The number of carbonyl (C=O) groups is 2. The summed E-state index contributed by atoms with van der Waals surface area (Å²) in [7, 11) is 0. The topological polar surface area (TPSA) is 75.4 Å². The van der Waals surface area contributed by atoms with E-state index in [2.05, 4.69) is 5.32 Å². The molecule has 25 heavy (non-hydrogen) atoms. The number of hydrogen-bond donors (Lipinski definition) is 2. The number of nitrogens with two attached hydrogens (primary N) is 1. The molecule has 2 aromatic carbocycles. The third-order valence-corrected chi connectivity index (χ3v) is 3.99. The number of primary amides is 1. The molecule has 0 aromatic heterocycles. The molecule has 0 heterocycles. The van der Waals surface area contributed by atoms with Crippen LogP contribution in [-0.2, 0) is 11.3 Å². The van der Waals surface area contributed by atoms with Gasteiger partial charge in [0.25, 0.3) is 5.91 Å². The average molecular weight is 355 g/mol. The normalized spacial score (nSPS) is 10.1. The first kappa shape index (κ1) is 18.6. The molecular formula is C19H21N3O2S. The van der Waals surface area contributed by atoms with Crippen molar-refractivity contribution >= 4 is 29.1 Å². The second-order valence-electron chi connectivity index (χ2n) is 5.75. The molecule has 0 bridgehead atoms. The van der Waals surface area contributed by atoms with Crippen LogP contribution < -0.4 is 11.1 Å². The Bertz CT molecular complexity index is 762. The van der Waals surface area contributed by atoms with Crippen molar-refractivity contribution in [1.29, 1.82) is 0 Å². The summed E-state index contributed by atoms with van der Waals surface area (Å²) in [4.78, 5) is 25.3. The Balaban J connectivity index is 2.08. The summed E-state index contributed by atoms with van der Waals surface area (Å²) >= 11 is 5.38. The van der Waals surface area contributed by atoms with Crippen LogP contribution in [-0.4, -0.2) is 28.4 Å². The van der Waals surface area contributed by atoms with Gasteiger partial charge in [-0.1, -0.05) is 48.0 Å². The minimum absolute atomic E-state index is 0.160. The van der Waals surface area contributed by atoms with Gasteiger partial charge in [-0.05, 0) is 36.8 Å². The third kappa shape index (κ3) is 6.00. The van der Waals surface area contributed by atoms with Crippen LogP contribution in [0.1, 0.15) is 27.9 Å². The lowest BCUT2D eigenvalue weighted by Crippen LogP contribution is -2.43. The highest BCUT2D eigenvalue weighted by Crippen LogP contribution is 2.08. The summed E-state index contributed by atoms with van der Waals surface area (Å²) in [5.41, 5.74) is 7.81. The van der Waals surface area contributed by atoms with Gasteiger partial charge >= 0.3 is 0 Å². The molecule has 0 fully saturated rings. The van der Waals surface area contributed by atoms with Crippen LogP contribution in [0.4, 0.5) is 0 Å². The van der Waals surface area contributed by atoms with Gasteiger partial charge in [0, 0.05) is 25.1 Å². The van der Waals surface area contributed by atoms with Gasteiger partial charge < -0.3 is 10.6 Å². The molecule has 2 amide bonds. The summed E-state index contributed by atoms with van der Waals surface area (Å²) in [5, 5.41) is 3.01. The molecule has 130 valence electrons. The zero-order valence-electron chi connectivity index (χ0n) is 14.1.